The van der Waals surface area contributed by atoms with Crippen LogP contribution in [0.3, 0.4) is 0 Å². The molecule has 2 heterocycles. The molecule has 0 aliphatic carbocycles. The van der Waals surface area contributed by atoms with Crippen molar-refractivity contribution in [2.24, 2.45) is 10.1 Å². The van der Waals surface area contributed by atoms with Crippen LogP contribution in [0.4, 0.5) is 0 Å². The summed E-state index contributed by atoms with van der Waals surface area (Å²) in [6, 6.07) is 8.77. The van der Waals surface area contributed by atoms with E-state index in [1.165, 1.54) is 29.8 Å². The summed E-state index contributed by atoms with van der Waals surface area (Å²) in [6.07, 6.45) is 2.89. The Morgan fingerprint density at radius 1 is 1.31 bits per heavy atom. The van der Waals surface area contributed by atoms with Crippen LogP contribution in [0, 0.1) is 0 Å². The number of aliphatic carboxylic acids is 1. The Hall–Kier alpha value is -2.94. The van der Waals surface area contributed by atoms with Crippen LogP contribution >= 0.6 is 11.8 Å². The second-order valence-corrected chi connectivity index (χ2v) is 6.75. The van der Waals surface area contributed by atoms with Crippen LogP contribution in [-0.2, 0) is 14.4 Å². The van der Waals surface area contributed by atoms with Gasteiger partial charge in [0.2, 0.25) is 5.91 Å². The van der Waals surface area contributed by atoms with Crippen molar-refractivity contribution in [2.45, 2.75) is 18.3 Å². The van der Waals surface area contributed by atoms with Gasteiger partial charge in [0.1, 0.15) is 11.1 Å². The highest BCUT2D eigenvalue weighted by molar-refractivity contribution is 8.00. The molecule has 0 saturated carbocycles. The minimum Gasteiger partial charge on any atom is -0.477 e. The molecule has 1 saturated heterocycles. The van der Waals surface area contributed by atoms with Crippen molar-refractivity contribution in [3.05, 3.63) is 47.2 Å². The molecule has 2 N–H and O–H groups in total. The molecule has 26 heavy (non-hydrogen) atoms. The number of hydrogen-bond donors (Lipinski definition) is 2. The van der Waals surface area contributed by atoms with E-state index in [-0.39, 0.29) is 22.9 Å². The lowest BCUT2D eigenvalue weighted by atomic mass is 10.0. The molecule has 3 rings (SSSR count). The summed E-state index contributed by atoms with van der Waals surface area (Å²) < 4.78 is 0. The maximum absolute atomic E-state index is 12.4. The Morgan fingerprint density at radius 2 is 2.04 bits per heavy atom. The van der Waals surface area contributed by atoms with Gasteiger partial charge in [-0.2, -0.15) is 5.10 Å². The third-order valence-electron chi connectivity index (χ3n) is 3.80. The van der Waals surface area contributed by atoms with Crippen LogP contribution in [0.2, 0.25) is 0 Å². The minimum absolute atomic E-state index is 0.112. The number of carbonyl (C=O) groups excluding carboxylic acids is 2. The number of rotatable bonds is 5. The molecule has 1 unspecified atom stereocenters. The standard InChI is InChI=1S/C17H16N4O4S/c1-10(22)20-19-8-12-9-26-16-13(15(23)21(16)14(12)17(24)25)18-7-11-5-3-2-4-6-11/h2-8,13,16H,9H2,1H3,(H,20,22)(H,24,25)/t13?,16-/m0/s1. The van der Waals surface area contributed by atoms with Gasteiger partial charge in [-0.3, -0.25) is 19.5 Å². The van der Waals surface area contributed by atoms with Crippen LogP contribution in [-0.4, -0.2) is 57.4 Å². The van der Waals surface area contributed by atoms with Crippen molar-refractivity contribution in [2.75, 3.05) is 5.75 Å². The molecule has 1 aromatic rings. The molecule has 0 radical (unpaired) electrons. The molecular weight excluding hydrogens is 356 g/mol. The summed E-state index contributed by atoms with van der Waals surface area (Å²) in [7, 11) is 0. The molecule has 2 aliphatic heterocycles. The van der Waals surface area contributed by atoms with E-state index in [9.17, 15) is 19.5 Å². The van der Waals surface area contributed by atoms with Gasteiger partial charge in [-0.15, -0.1) is 11.8 Å². The van der Waals surface area contributed by atoms with Gasteiger partial charge in [0.15, 0.2) is 6.04 Å². The van der Waals surface area contributed by atoms with Gasteiger partial charge in [-0.25, -0.2) is 10.2 Å². The molecule has 2 aliphatic rings. The molecule has 0 bridgehead atoms. The second kappa shape index (κ2) is 7.52. The van der Waals surface area contributed by atoms with E-state index in [1.54, 1.807) is 6.21 Å². The number of aliphatic imine (C=N–C) groups is 1. The first-order valence-corrected chi connectivity index (χ1v) is 8.83. The third-order valence-corrected chi connectivity index (χ3v) is 5.09. The number of thioether (sulfide) groups is 1. The fourth-order valence-corrected chi connectivity index (χ4v) is 3.92. The third kappa shape index (κ3) is 3.52. The zero-order chi connectivity index (χ0) is 18.7. The smallest absolute Gasteiger partial charge is 0.353 e. The molecule has 0 aromatic heterocycles. The van der Waals surface area contributed by atoms with E-state index < -0.39 is 12.0 Å². The van der Waals surface area contributed by atoms with Crippen LogP contribution in [0.25, 0.3) is 0 Å². The predicted octanol–water partition coefficient (Wildman–Crippen LogP) is 0.850. The van der Waals surface area contributed by atoms with Crippen molar-refractivity contribution in [1.82, 2.24) is 10.3 Å². The fraction of sp³-hybridized carbons (Fsp3) is 0.235. The SMILES string of the molecule is CC(=O)NN=CC1=C(C(=O)O)N2C(=O)C(N=Cc3ccccc3)[C@@H]2SC1. The summed E-state index contributed by atoms with van der Waals surface area (Å²) >= 11 is 1.41. The van der Waals surface area contributed by atoms with Crippen molar-refractivity contribution in [1.29, 1.82) is 0 Å². The zero-order valence-electron chi connectivity index (χ0n) is 13.8. The molecular formula is C17H16N4O4S. The van der Waals surface area contributed by atoms with Crippen LogP contribution in [0.1, 0.15) is 12.5 Å². The van der Waals surface area contributed by atoms with E-state index in [0.717, 1.165) is 5.56 Å². The number of nitrogens with zero attached hydrogens (tertiary/aromatic N) is 3. The highest BCUT2D eigenvalue weighted by atomic mass is 32.2. The molecule has 9 heteroatoms. The number of nitrogens with one attached hydrogen (secondary N) is 1. The zero-order valence-corrected chi connectivity index (χ0v) is 14.6. The number of benzene rings is 1. The number of hydrazone groups is 1. The van der Waals surface area contributed by atoms with Crippen LogP contribution in [0.5, 0.6) is 0 Å². The number of carboxylic acids is 1. The van der Waals surface area contributed by atoms with Gasteiger partial charge >= 0.3 is 5.97 Å². The maximum atomic E-state index is 12.4. The van der Waals surface area contributed by atoms with Gasteiger partial charge in [-0.05, 0) is 5.56 Å². The van der Waals surface area contributed by atoms with Crippen molar-refractivity contribution in [3.8, 4) is 0 Å². The van der Waals surface area contributed by atoms with E-state index in [0.29, 0.717) is 11.3 Å². The monoisotopic (exact) mass is 372 g/mol. The first-order chi connectivity index (χ1) is 12.5. The lowest BCUT2D eigenvalue weighted by Crippen LogP contribution is -2.64. The number of carboxylic acid groups (broad SMARTS) is 1. The average molecular weight is 372 g/mol. The van der Waals surface area contributed by atoms with E-state index >= 15 is 0 Å². The first-order valence-electron chi connectivity index (χ1n) is 7.78. The van der Waals surface area contributed by atoms with Gasteiger partial charge in [-0.1, -0.05) is 30.3 Å². The maximum Gasteiger partial charge on any atom is 0.353 e. The van der Waals surface area contributed by atoms with Gasteiger partial charge in [0.05, 0.1) is 6.21 Å². The normalized spacial score (nSPS) is 22.5. The molecule has 2 amide bonds. The van der Waals surface area contributed by atoms with Crippen LogP contribution in [0.15, 0.2) is 51.7 Å². The molecule has 2 atom stereocenters. The number of amides is 2. The number of fused-ring (bicyclic) bond motifs is 1. The number of hydrogen-bond acceptors (Lipinski definition) is 6. The van der Waals surface area contributed by atoms with Crippen LogP contribution < -0.4 is 5.43 Å². The fourth-order valence-electron chi connectivity index (χ4n) is 2.63. The first kappa shape index (κ1) is 17.9. The minimum atomic E-state index is -1.21. The topological polar surface area (TPSA) is 111 Å². The predicted molar refractivity (Wildman–Crippen MR) is 97.9 cm³/mol. The van der Waals surface area contributed by atoms with Crippen molar-refractivity contribution >= 4 is 42.0 Å². The number of β-lactam (4-membered cyclic amide) rings is 1. The van der Waals surface area contributed by atoms with Crippen molar-refractivity contribution < 1.29 is 19.5 Å². The van der Waals surface area contributed by atoms with E-state index in [4.69, 9.17) is 0 Å². The Bertz CT molecular complexity index is 834. The molecule has 1 aromatic carbocycles. The summed E-state index contributed by atoms with van der Waals surface area (Å²) in [5.41, 5.74) is 3.35. The Kier molecular flexibility index (Phi) is 5.17. The highest BCUT2D eigenvalue weighted by Gasteiger charge is 2.53. The summed E-state index contributed by atoms with van der Waals surface area (Å²) in [4.78, 5) is 40.5. The lowest BCUT2D eigenvalue weighted by Gasteiger charge is -2.47. The van der Waals surface area contributed by atoms with E-state index in [2.05, 4.69) is 15.5 Å². The molecule has 134 valence electrons. The lowest BCUT2D eigenvalue weighted by molar-refractivity contribution is -0.147. The van der Waals surface area contributed by atoms with Gasteiger partial charge in [0, 0.05) is 24.5 Å². The average Bonchev–Trinajstić information content (AvgIpc) is 2.61. The highest BCUT2D eigenvalue weighted by Crippen LogP contribution is 2.41. The van der Waals surface area contributed by atoms with Gasteiger partial charge < -0.3 is 5.11 Å². The van der Waals surface area contributed by atoms with E-state index in [1.807, 2.05) is 30.3 Å². The molecule has 0 spiro atoms. The Labute approximate surface area is 153 Å². The molecule has 8 nitrogen and oxygen atoms in total. The summed E-state index contributed by atoms with van der Waals surface area (Å²) in [6.45, 7) is 1.30. The van der Waals surface area contributed by atoms with Crippen molar-refractivity contribution in [3.63, 3.8) is 0 Å². The Balaban J connectivity index is 1.79. The summed E-state index contributed by atoms with van der Waals surface area (Å²) in [5.74, 6) is -1.58. The largest absolute Gasteiger partial charge is 0.477 e. The second-order valence-electron chi connectivity index (χ2n) is 5.65. The molecule has 1 fully saturated rings. The van der Waals surface area contributed by atoms with Gasteiger partial charge in [0.25, 0.3) is 5.91 Å². The number of carbonyl (C=O) groups is 3. The summed E-state index contributed by atoms with van der Waals surface area (Å²) in [5, 5.41) is 12.9. The quantitative estimate of drug-likeness (QED) is 0.452. The Morgan fingerprint density at radius 3 is 2.69 bits per heavy atom.